The first-order valence-electron chi connectivity index (χ1n) is 5.84. The molecule has 1 atom stereocenters. The summed E-state index contributed by atoms with van der Waals surface area (Å²) in [5, 5.41) is 2.22. The summed E-state index contributed by atoms with van der Waals surface area (Å²) < 4.78 is 5.68. The number of ether oxygens (including phenoxy) is 1. The van der Waals surface area contributed by atoms with Crippen LogP contribution < -0.4 is 16.8 Å². The van der Waals surface area contributed by atoms with Gasteiger partial charge in [-0.2, -0.15) is 0 Å². The Bertz CT molecular complexity index is 727. The Kier molecular flexibility index (Phi) is 4.03. The number of nitrogens with zero attached hydrogens (tertiary/aromatic N) is 1. The molecule has 1 unspecified atom stereocenters. The van der Waals surface area contributed by atoms with Crippen molar-refractivity contribution < 1.29 is 19.1 Å². The van der Waals surface area contributed by atoms with Crippen molar-refractivity contribution in [3.63, 3.8) is 0 Å². The van der Waals surface area contributed by atoms with E-state index in [-0.39, 0.29) is 5.56 Å². The first kappa shape index (κ1) is 14.7. The van der Waals surface area contributed by atoms with E-state index < -0.39 is 24.0 Å². The molecule has 0 aliphatic rings. The van der Waals surface area contributed by atoms with Gasteiger partial charge in [-0.1, -0.05) is 11.3 Å². The number of urea groups is 1. The van der Waals surface area contributed by atoms with Gasteiger partial charge in [-0.15, -0.1) is 0 Å². The van der Waals surface area contributed by atoms with E-state index in [0.717, 1.165) is 4.70 Å². The van der Waals surface area contributed by atoms with Crippen LogP contribution in [-0.2, 0) is 9.53 Å². The number of hydrogen-bond donors (Lipinski definition) is 3. The van der Waals surface area contributed by atoms with Gasteiger partial charge in [0.25, 0.3) is 5.91 Å². The van der Waals surface area contributed by atoms with E-state index in [4.69, 9.17) is 16.2 Å². The van der Waals surface area contributed by atoms with Crippen molar-refractivity contribution in [1.82, 2.24) is 10.3 Å². The van der Waals surface area contributed by atoms with Crippen LogP contribution in [0.4, 0.5) is 9.93 Å². The lowest BCUT2D eigenvalue weighted by molar-refractivity contribution is -0.127. The summed E-state index contributed by atoms with van der Waals surface area (Å²) in [5.41, 5.74) is 11.3. The van der Waals surface area contributed by atoms with Crippen LogP contribution in [0.25, 0.3) is 10.2 Å². The molecule has 5 N–H and O–H groups in total. The molecular formula is C12H12N4O4S. The van der Waals surface area contributed by atoms with Gasteiger partial charge in [-0.25, -0.2) is 14.6 Å². The number of esters is 1. The smallest absolute Gasteiger partial charge is 0.338 e. The third-order valence-corrected chi connectivity index (χ3v) is 3.39. The lowest BCUT2D eigenvalue weighted by Gasteiger charge is -2.11. The van der Waals surface area contributed by atoms with E-state index in [2.05, 4.69) is 4.98 Å². The van der Waals surface area contributed by atoms with Crippen LogP contribution in [-0.4, -0.2) is 29.0 Å². The van der Waals surface area contributed by atoms with Crippen molar-refractivity contribution >= 4 is 44.6 Å². The van der Waals surface area contributed by atoms with Crippen LogP contribution in [0.5, 0.6) is 0 Å². The van der Waals surface area contributed by atoms with E-state index >= 15 is 0 Å². The van der Waals surface area contributed by atoms with Gasteiger partial charge in [0.1, 0.15) is 0 Å². The number of imide groups is 1. The predicted octanol–water partition coefficient (Wildman–Crippen LogP) is 0.619. The molecule has 0 aliphatic carbocycles. The highest BCUT2D eigenvalue weighted by atomic mass is 32.1. The van der Waals surface area contributed by atoms with Crippen molar-refractivity contribution in [2.75, 3.05) is 5.73 Å². The average Bonchev–Trinajstić information content (AvgIpc) is 2.76. The number of carbonyl (C=O) groups excluding carboxylic acids is 3. The summed E-state index contributed by atoms with van der Waals surface area (Å²) in [4.78, 5) is 38.0. The third-order valence-electron chi connectivity index (χ3n) is 2.54. The molecule has 1 heterocycles. The molecule has 2 rings (SSSR count). The zero-order chi connectivity index (χ0) is 15.6. The van der Waals surface area contributed by atoms with E-state index in [9.17, 15) is 14.4 Å². The predicted molar refractivity (Wildman–Crippen MR) is 76.6 cm³/mol. The molecule has 110 valence electrons. The number of anilines is 1. The normalized spacial score (nSPS) is 11.9. The highest BCUT2D eigenvalue weighted by molar-refractivity contribution is 7.22. The largest absolute Gasteiger partial charge is 0.449 e. The molecule has 0 fully saturated rings. The van der Waals surface area contributed by atoms with E-state index in [0.29, 0.717) is 10.6 Å². The monoisotopic (exact) mass is 308 g/mol. The third kappa shape index (κ3) is 3.45. The molecule has 8 nitrogen and oxygen atoms in total. The van der Waals surface area contributed by atoms with E-state index in [1.165, 1.54) is 24.3 Å². The number of nitrogens with one attached hydrogen (secondary N) is 1. The number of carbonyl (C=O) groups is 3. The maximum atomic E-state index is 11.9. The van der Waals surface area contributed by atoms with Gasteiger partial charge in [-0.05, 0) is 25.1 Å². The van der Waals surface area contributed by atoms with E-state index in [1.54, 1.807) is 12.1 Å². The number of amides is 3. The lowest BCUT2D eigenvalue weighted by atomic mass is 10.2. The molecule has 0 bridgehead atoms. The molecule has 0 saturated heterocycles. The van der Waals surface area contributed by atoms with Crippen LogP contribution >= 0.6 is 11.3 Å². The highest BCUT2D eigenvalue weighted by Gasteiger charge is 2.20. The van der Waals surface area contributed by atoms with Crippen molar-refractivity contribution in [1.29, 1.82) is 0 Å². The SMILES string of the molecule is CC(OC(=O)c1ccc2nc(N)sc2c1)C(=O)NC(N)=O. The summed E-state index contributed by atoms with van der Waals surface area (Å²) in [6, 6.07) is 3.71. The number of nitrogen functional groups attached to an aromatic ring is 1. The molecular weight excluding hydrogens is 296 g/mol. The van der Waals surface area contributed by atoms with Gasteiger partial charge < -0.3 is 16.2 Å². The van der Waals surface area contributed by atoms with Crippen molar-refractivity contribution in [3.05, 3.63) is 23.8 Å². The summed E-state index contributed by atoms with van der Waals surface area (Å²) in [5.74, 6) is -1.49. The number of benzene rings is 1. The summed E-state index contributed by atoms with van der Waals surface area (Å²) >= 11 is 1.24. The molecule has 0 spiro atoms. The Morgan fingerprint density at radius 1 is 1.38 bits per heavy atom. The first-order chi connectivity index (χ1) is 9.86. The fourth-order valence-corrected chi connectivity index (χ4v) is 2.35. The maximum Gasteiger partial charge on any atom is 0.338 e. The summed E-state index contributed by atoms with van der Waals surface area (Å²) in [7, 11) is 0. The number of fused-ring (bicyclic) bond motifs is 1. The first-order valence-corrected chi connectivity index (χ1v) is 6.66. The van der Waals surface area contributed by atoms with Gasteiger partial charge in [0.15, 0.2) is 11.2 Å². The maximum absolute atomic E-state index is 11.9. The molecule has 0 aliphatic heterocycles. The molecule has 0 saturated carbocycles. The van der Waals surface area contributed by atoms with Crippen LogP contribution in [0, 0.1) is 0 Å². The number of hydrogen-bond acceptors (Lipinski definition) is 7. The van der Waals surface area contributed by atoms with Gasteiger partial charge in [0.05, 0.1) is 15.8 Å². The number of thiazole rings is 1. The number of aromatic nitrogens is 1. The second-order valence-electron chi connectivity index (χ2n) is 4.14. The minimum absolute atomic E-state index is 0.255. The van der Waals surface area contributed by atoms with Gasteiger partial charge in [0.2, 0.25) is 0 Å². The molecule has 9 heteroatoms. The van der Waals surface area contributed by atoms with Gasteiger partial charge in [-0.3, -0.25) is 10.1 Å². The van der Waals surface area contributed by atoms with Gasteiger partial charge >= 0.3 is 12.0 Å². The van der Waals surface area contributed by atoms with Crippen molar-refractivity contribution in [2.45, 2.75) is 13.0 Å². The molecule has 21 heavy (non-hydrogen) atoms. The van der Waals surface area contributed by atoms with Crippen LogP contribution in [0.15, 0.2) is 18.2 Å². The number of primary amides is 1. The Morgan fingerprint density at radius 2 is 2.10 bits per heavy atom. The summed E-state index contributed by atoms with van der Waals surface area (Å²) in [6.45, 7) is 1.33. The minimum Gasteiger partial charge on any atom is -0.449 e. The minimum atomic E-state index is -1.15. The average molecular weight is 308 g/mol. The van der Waals surface area contributed by atoms with E-state index in [1.807, 2.05) is 5.32 Å². The zero-order valence-electron chi connectivity index (χ0n) is 11.0. The van der Waals surface area contributed by atoms with Crippen LogP contribution in [0.1, 0.15) is 17.3 Å². The second-order valence-corrected chi connectivity index (χ2v) is 5.20. The Balaban J connectivity index is 2.11. The number of rotatable bonds is 3. The van der Waals surface area contributed by atoms with Gasteiger partial charge in [0, 0.05) is 0 Å². The second kappa shape index (κ2) is 5.75. The van der Waals surface area contributed by atoms with Crippen molar-refractivity contribution in [2.24, 2.45) is 5.73 Å². The molecule has 1 aromatic heterocycles. The standard InChI is InChI=1S/C12H12N4O4S/c1-5(9(17)16-11(13)19)20-10(18)6-2-3-7-8(4-6)21-12(14)15-7/h2-5H,1H3,(H2,14,15)(H3,13,16,17,19). The quantitative estimate of drug-likeness (QED) is 0.711. The summed E-state index contributed by atoms with van der Waals surface area (Å²) in [6.07, 6.45) is -1.15. The molecule has 0 radical (unpaired) electrons. The molecule has 1 aromatic carbocycles. The fourth-order valence-electron chi connectivity index (χ4n) is 1.57. The Morgan fingerprint density at radius 3 is 2.76 bits per heavy atom. The fraction of sp³-hybridized carbons (Fsp3) is 0.167. The Hall–Kier alpha value is -2.68. The highest BCUT2D eigenvalue weighted by Crippen LogP contribution is 2.24. The van der Waals surface area contributed by atoms with Crippen LogP contribution in [0.2, 0.25) is 0 Å². The van der Waals surface area contributed by atoms with Crippen LogP contribution in [0.3, 0.4) is 0 Å². The molecule has 3 amide bonds. The number of nitrogens with two attached hydrogens (primary N) is 2. The van der Waals surface area contributed by atoms with Crippen molar-refractivity contribution in [3.8, 4) is 0 Å². The zero-order valence-corrected chi connectivity index (χ0v) is 11.8. The topological polar surface area (TPSA) is 137 Å². The molecule has 2 aromatic rings. The Labute approximate surface area is 123 Å². The lowest BCUT2D eigenvalue weighted by Crippen LogP contribution is -2.42.